The summed E-state index contributed by atoms with van der Waals surface area (Å²) in [6, 6.07) is 0. The van der Waals surface area contributed by atoms with E-state index in [1.165, 1.54) is 0 Å². The first-order valence-corrected chi connectivity index (χ1v) is 2.95. The molecule has 0 heterocycles. The molecule has 0 amide bonds. The van der Waals surface area contributed by atoms with Gasteiger partial charge in [-0.05, 0) is 0 Å². The van der Waals surface area contributed by atoms with Gasteiger partial charge >= 0.3 is 0 Å². The van der Waals surface area contributed by atoms with Crippen molar-refractivity contribution in [2.45, 2.75) is 7.43 Å². The quantitative estimate of drug-likeness (QED) is 0.501. The Morgan fingerprint density at radius 2 is 1.14 bits per heavy atom. The Morgan fingerprint density at radius 3 is 1.14 bits per heavy atom. The molecule has 0 unspecified atom stereocenters. The standard InChI is InChI=1S/C2H6OS.CH4.2ClH/c1-4(2)3;;;/h1-2H3;1H4;2*1H. The van der Waals surface area contributed by atoms with Crippen LogP contribution in [-0.2, 0) is 11.2 Å². The summed E-state index contributed by atoms with van der Waals surface area (Å²) < 4.78 is 9.56. The molecule has 0 aliphatic heterocycles. The molecule has 0 bridgehead atoms. The Hall–Kier alpha value is 0.890. The Bertz CT molecular complexity index is 17.7. The van der Waals surface area contributed by atoms with E-state index in [1.807, 2.05) is 0 Å². The van der Waals surface area contributed by atoms with E-state index in [1.54, 1.807) is 12.5 Å². The van der Waals surface area contributed by atoms with Gasteiger partial charge < -0.3 is 4.55 Å². The van der Waals surface area contributed by atoms with Gasteiger partial charge in [0.1, 0.15) is 0 Å². The van der Waals surface area contributed by atoms with Crippen molar-refractivity contribution in [2.24, 2.45) is 0 Å². The van der Waals surface area contributed by atoms with Crippen molar-refractivity contribution in [3.8, 4) is 0 Å². The summed E-state index contributed by atoms with van der Waals surface area (Å²) in [5.74, 6) is 0. The summed E-state index contributed by atoms with van der Waals surface area (Å²) in [4.78, 5) is 0. The largest absolute Gasteiger partial charge is 0.617 e. The molecule has 0 aromatic rings. The first-order chi connectivity index (χ1) is 1.73. The van der Waals surface area contributed by atoms with Crippen LogP contribution in [0.3, 0.4) is 0 Å². The summed E-state index contributed by atoms with van der Waals surface area (Å²) in [7, 11) is 0. The molecule has 4 heteroatoms. The molecule has 0 rings (SSSR count). The van der Waals surface area contributed by atoms with Crippen LogP contribution in [0.2, 0.25) is 0 Å². The van der Waals surface area contributed by atoms with Crippen molar-refractivity contribution in [2.75, 3.05) is 12.5 Å². The molecule has 0 aliphatic carbocycles. The van der Waals surface area contributed by atoms with Crippen molar-refractivity contribution in [1.82, 2.24) is 0 Å². The maximum Gasteiger partial charge on any atom is 0.0946 e. The topological polar surface area (TPSA) is 23.1 Å². The molecular formula is C3H12Cl2OS. The zero-order chi connectivity index (χ0) is 3.58. The van der Waals surface area contributed by atoms with E-state index in [2.05, 4.69) is 0 Å². The number of hydrogen-bond donors (Lipinski definition) is 0. The van der Waals surface area contributed by atoms with Gasteiger partial charge in [0.15, 0.2) is 0 Å². The highest BCUT2D eigenvalue weighted by Crippen LogP contribution is 1.61. The van der Waals surface area contributed by atoms with Gasteiger partial charge in [0.25, 0.3) is 0 Å². The van der Waals surface area contributed by atoms with E-state index in [9.17, 15) is 4.55 Å². The number of rotatable bonds is 0. The lowest BCUT2D eigenvalue weighted by Gasteiger charge is -1.87. The van der Waals surface area contributed by atoms with Crippen LogP contribution in [0.25, 0.3) is 0 Å². The van der Waals surface area contributed by atoms with Gasteiger partial charge in [-0.2, -0.15) is 0 Å². The van der Waals surface area contributed by atoms with Crippen molar-refractivity contribution in [1.29, 1.82) is 0 Å². The molecule has 0 atom stereocenters. The van der Waals surface area contributed by atoms with Gasteiger partial charge in [0, 0.05) is 0 Å². The van der Waals surface area contributed by atoms with E-state index in [0.29, 0.717) is 0 Å². The van der Waals surface area contributed by atoms with E-state index in [0.717, 1.165) is 0 Å². The minimum Gasteiger partial charge on any atom is -0.617 e. The monoisotopic (exact) mass is 166 g/mol. The molecule has 0 aliphatic rings. The van der Waals surface area contributed by atoms with Gasteiger partial charge in [0.05, 0.1) is 12.5 Å². The van der Waals surface area contributed by atoms with Gasteiger partial charge in [-0.1, -0.05) is 18.6 Å². The average molecular weight is 167 g/mol. The lowest BCUT2D eigenvalue weighted by Crippen LogP contribution is -1.86. The molecular weight excluding hydrogens is 155 g/mol. The van der Waals surface area contributed by atoms with Crippen molar-refractivity contribution < 1.29 is 4.55 Å². The highest BCUT2D eigenvalue weighted by molar-refractivity contribution is 7.89. The predicted molar refractivity (Wildman–Crippen MR) is 41.2 cm³/mol. The van der Waals surface area contributed by atoms with Crippen molar-refractivity contribution in [3.05, 3.63) is 0 Å². The minimum absolute atomic E-state index is 0. The lowest BCUT2D eigenvalue weighted by molar-refractivity contribution is 0.606. The molecule has 0 N–H and O–H groups in total. The summed E-state index contributed by atoms with van der Waals surface area (Å²) >= 11 is -0.611. The zero-order valence-electron chi connectivity index (χ0n) is 3.63. The second kappa shape index (κ2) is 15.8. The maximum atomic E-state index is 9.56. The molecule has 0 saturated heterocycles. The van der Waals surface area contributed by atoms with Gasteiger partial charge in [-0.15, -0.1) is 24.8 Å². The van der Waals surface area contributed by atoms with E-state index >= 15 is 0 Å². The highest BCUT2D eigenvalue weighted by Gasteiger charge is 1.66. The zero-order valence-corrected chi connectivity index (χ0v) is 6.08. The van der Waals surface area contributed by atoms with Crippen LogP contribution < -0.4 is 0 Å². The van der Waals surface area contributed by atoms with Gasteiger partial charge in [0.2, 0.25) is 0 Å². The Kier molecular flexibility index (Phi) is 55.9. The normalized spacial score (nSPS) is 5.14. The molecule has 0 spiro atoms. The average Bonchev–Trinajstić information content (AvgIpc) is 0.811. The molecule has 0 fully saturated rings. The van der Waals surface area contributed by atoms with Crippen molar-refractivity contribution in [3.63, 3.8) is 0 Å². The van der Waals surface area contributed by atoms with Crippen LogP contribution in [0.4, 0.5) is 0 Å². The summed E-state index contributed by atoms with van der Waals surface area (Å²) in [6.07, 6.45) is 3.28. The molecule has 1 nitrogen and oxygen atoms in total. The van der Waals surface area contributed by atoms with Crippen LogP contribution in [-0.4, -0.2) is 17.1 Å². The third-order valence-corrected chi connectivity index (χ3v) is 0. The van der Waals surface area contributed by atoms with E-state index in [-0.39, 0.29) is 32.2 Å². The Morgan fingerprint density at radius 1 is 1.14 bits per heavy atom. The van der Waals surface area contributed by atoms with Gasteiger partial charge in [-0.3, -0.25) is 0 Å². The lowest BCUT2D eigenvalue weighted by atomic mass is 11.9. The molecule has 50 valence electrons. The summed E-state index contributed by atoms with van der Waals surface area (Å²) in [5.41, 5.74) is 0. The van der Waals surface area contributed by atoms with Crippen molar-refractivity contribution >= 4 is 36.0 Å². The van der Waals surface area contributed by atoms with Crippen LogP contribution in [0, 0.1) is 0 Å². The van der Waals surface area contributed by atoms with Crippen LogP contribution in [0.1, 0.15) is 7.43 Å². The van der Waals surface area contributed by atoms with Crippen LogP contribution >= 0.6 is 24.8 Å². The Labute approximate surface area is 60.9 Å². The fourth-order valence-corrected chi connectivity index (χ4v) is 0. The first-order valence-electron chi connectivity index (χ1n) is 0.983. The molecule has 0 aromatic heterocycles. The third kappa shape index (κ3) is 208. The fourth-order valence-electron chi connectivity index (χ4n) is 0. The molecule has 0 saturated carbocycles. The van der Waals surface area contributed by atoms with Crippen LogP contribution in [0.5, 0.6) is 0 Å². The second-order valence-electron chi connectivity index (χ2n) is 0.742. The van der Waals surface area contributed by atoms with E-state index in [4.69, 9.17) is 0 Å². The minimum atomic E-state index is -0.611. The smallest absolute Gasteiger partial charge is 0.0946 e. The SMILES string of the molecule is C.C[S+](C)[O-].Cl.Cl. The predicted octanol–water partition coefficient (Wildman–Crippen LogP) is 1.47. The molecule has 0 aromatic carbocycles. The van der Waals surface area contributed by atoms with Gasteiger partial charge in [-0.25, -0.2) is 0 Å². The Balaban J connectivity index is -0.0000000150. The number of halogens is 2. The van der Waals surface area contributed by atoms with Crippen LogP contribution in [0.15, 0.2) is 0 Å². The van der Waals surface area contributed by atoms with E-state index < -0.39 is 11.2 Å². The summed E-state index contributed by atoms with van der Waals surface area (Å²) in [5, 5.41) is 0. The third-order valence-electron chi connectivity index (χ3n) is 0. The molecule has 0 radical (unpaired) electrons. The number of hydrogen-bond acceptors (Lipinski definition) is 1. The summed E-state index contributed by atoms with van der Waals surface area (Å²) in [6.45, 7) is 0. The first kappa shape index (κ1) is 24.8. The highest BCUT2D eigenvalue weighted by atomic mass is 35.5. The maximum absolute atomic E-state index is 9.56. The molecule has 7 heavy (non-hydrogen) atoms. The second-order valence-corrected chi connectivity index (χ2v) is 2.22. The fraction of sp³-hybridized carbons (Fsp3) is 1.00.